The maximum Gasteiger partial charge on any atom is 0.131 e. The van der Waals surface area contributed by atoms with Crippen LogP contribution in [0.4, 0.5) is 10.1 Å². The number of thiophene rings is 1. The molecule has 0 aliphatic carbocycles. The summed E-state index contributed by atoms with van der Waals surface area (Å²) in [6.07, 6.45) is 0. The lowest BCUT2D eigenvalue weighted by Crippen LogP contribution is -2.00. The third-order valence-corrected chi connectivity index (χ3v) is 4.78. The highest BCUT2D eigenvalue weighted by Gasteiger charge is 2.07. The van der Waals surface area contributed by atoms with Gasteiger partial charge in [-0.15, -0.1) is 11.3 Å². The molecule has 2 aromatic carbocycles. The zero-order chi connectivity index (χ0) is 14.7. The highest BCUT2D eigenvalue weighted by atomic mass is 127. The molecule has 1 nitrogen and oxygen atoms in total. The smallest absolute Gasteiger partial charge is 0.131 e. The molecule has 0 fully saturated rings. The van der Waals surface area contributed by atoms with Crippen LogP contribution >= 0.6 is 33.9 Å². The fourth-order valence-corrected chi connectivity index (χ4v) is 3.18. The molecule has 0 spiro atoms. The second-order valence-electron chi connectivity index (χ2n) is 4.65. The van der Waals surface area contributed by atoms with E-state index in [-0.39, 0.29) is 5.82 Å². The molecule has 0 saturated heterocycles. The number of nitrogens with one attached hydrogen (secondary N) is 1. The molecule has 0 atom stereocenters. The van der Waals surface area contributed by atoms with Crippen LogP contribution in [-0.4, -0.2) is 0 Å². The molecule has 0 aliphatic rings. The van der Waals surface area contributed by atoms with Crippen molar-refractivity contribution in [3.8, 4) is 10.4 Å². The highest BCUT2D eigenvalue weighted by molar-refractivity contribution is 14.1. The van der Waals surface area contributed by atoms with Crippen molar-refractivity contribution >= 4 is 39.6 Å². The van der Waals surface area contributed by atoms with Crippen LogP contribution in [0.3, 0.4) is 0 Å². The van der Waals surface area contributed by atoms with E-state index >= 15 is 0 Å². The van der Waals surface area contributed by atoms with Crippen molar-refractivity contribution in [2.24, 2.45) is 0 Å². The van der Waals surface area contributed by atoms with E-state index in [0.717, 1.165) is 16.1 Å². The van der Waals surface area contributed by atoms with Crippen molar-refractivity contribution in [3.63, 3.8) is 0 Å². The molecule has 4 heteroatoms. The first-order chi connectivity index (χ1) is 10.2. The first-order valence-corrected chi connectivity index (χ1v) is 8.50. The summed E-state index contributed by atoms with van der Waals surface area (Å²) >= 11 is 3.84. The Balaban J connectivity index is 1.77. The maximum atomic E-state index is 13.9. The van der Waals surface area contributed by atoms with Crippen LogP contribution in [0.1, 0.15) is 5.56 Å². The Morgan fingerprint density at radius 2 is 1.86 bits per heavy atom. The molecule has 0 aliphatic heterocycles. The van der Waals surface area contributed by atoms with Gasteiger partial charge in [-0.3, -0.25) is 0 Å². The quantitative estimate of drug-likeness (QED) is 0.540. The van der Waals surface area contributed by atoms with Crippen LogP contribution in [0.15, 0.2) is 60.0 Å². The van der Waals surface area contributed by atoms with Gasteiger partial charge in [0.05, 0.1) is 0 Å². The SMILES string of the molecule is Fc1ccc(CNc2ccc(I)cc2)cc1-c1cccs1. The lowest BCUT2D eigenvalue weighted by molar-refractivity contribution is 0.631. The second-order valence-corrected chi connectivity index (χ2v) is 6.85. The summed E-state index contributed by atoms with van der Waals surface area (Å²) in [7, 11) is 0. The van der Waals surface area contributed by atoms with Crippen molar-refractivity contribution in [2.75, 3.05) is 5.32 Å². The van der Waals surface area contributed by atoms with Gasteiger partial charge in [0.1, 0.15) is 5.82 Å². The summed E-state index contributed by atoms with van der Waals surface area (Å²) in [6, 6.07) is 17.4. The van der Waals surface area contributed by atoms with Crippen LogP contribution < -0.4 is 5.32 Å². The minimum atomic E-state index is -0.171. The molecule has 106 valence electrons. The van der Waals surface area contributed by atoms with E-state index < -0.39 is 0 Å². The molecule has 0 amide bonds. The molecular weight excluding hydrogens is 396 g/mol. The van der Waals surface area contributed by atoms with Crippen LogP contribution in [0.2, 0.25) is 0 Å². The number of rotatable bonds is 4. The van der Waals surface area contributed by atoms with Gasteiger partial charge in [-0.25, -0.2) is 4.39 Å². The van der Waals surface area contributed by atoms with E-state index in [1.807, 2.05) is 41.8 Å². The van der Waals surface area contributed by atoms with Gasteiger partial charge in [0.2, 0.25) is 0 Å². The number of benzene rings is 2. The third-order valence-electron chi connectivity index (χ3n) is 3.16. The fraction of sp³-hybridized carbons (Fsp3) is 0.0588. The summed E-state index contributed by atoms with van der Waals surface area (Å²) in [5.41, 5.74) is 2.81. The Kier molecular flexibility index (Phi) is 4.55. The summed E-state index contributed by atoms with van der Waals surface area (Å²) in [6.45, 7) is 0.680. The summed E-state index contributed by atoms with van der Waals surface area (Å²) < 4.78 is 15.1. The first kappa shape index (κ1) is 14.5. The zero-order valence-corrected chi connectivity index (χ0v) is 14.1. The Morgan fingerprint density at radius 1 is 1.05 bits per heavy atom. The van der Waals surface area contributed by atoms with E-state index in [2.05, 4.69) is 40.0 Å². The van der Waals surface area contributed by atoms with Gasteiger partial charge in [0.15, 0.2) is 0 Å². The number of anilines is 1. The minimum absolute atomic E-state index is 0.171. The topological polar surface area (TPSA) is 12.0 Å². The monoisotopic (exact) mass is 409 g/mol. The average Bonchev–Trinajstić information content (AvgIpc) is 3.02. The average molecular weight is 409 g/mol. The molecular formula is C17H13FINS. The van der Waals surface area contributed by atoms with E-state index in [9.17, 15) is 4.39 Å². The Labute approximate surface area is 141 Å². The summed E-state index contributed by atoms with van der Waals surface area (Å²) in [5.74, 6) is -0.171. The Morgan fingerprint density at radius 3 is 2.57 bits per heavy atom. The molecule has 0 radical (unpaired) electrons. The molecule has 0 unspecified atom stereocenters. The van der Waals surface area contributed by atoms with Crippen molar-refractivity contribution in [1.29, 1.82) is 0 Å². The van der Waals surface area contributed by atoms with Gasteiger partial charge in [0.25, 0.3) is 0 Å². The van der Waals surface area contributed by atoms with Crippen LogP contribution in [0.25, 0.3) is 10.4 Å². The van der Waals surface area contributed by atoms with Gasteiger partial charge in [0, 0.05) is 26.2 Å². The Hall–Kier alpha value is -1.40. The largest absolute Gasteiger partial charge is 0.381 e. The zero-order valence-electron chi connectivity index (χ0n) is 11.1. The standard InChI is InChI=1S/C17H13FINS/c18-16-8-3-12(10-15(16)17-2-1-9-21-17)11-20-14-6-4-13(19)5-7-14/h1-10,20H,11H2. The van der Waals surface area contributed by atoms with Gasteiger partial charge in [-0.1, -0.05) is 12.1 Å². The van der Waals surface area contributed by atoms with E-state index in [4.69, 9.17) is 0 Å². The van der Waals surface area contributed by atoms with Gasteiger partial charge < -0.3 is 5.32 Å². The van der Waals surface area contributed by atoms with Crippen LogP contribution in [0.5, 0.6) is 0 Å². The van der Waals surface area contributed by atoms with Gasteiger partial charge in [-0.05, 0) is 76.0 Å². The number of hydrogen-bond donors (Lipinski definition) is 1. The fourth-order valence-electron chi connectivity index (χ4n) is 2.07. The normalized spacial score (nSPS) is 10.6. The van der Waals surface area contributed by atoms with E-state index in [1.54, 1.807) is 17.4 Å². The van der Waals surface area contributed by atoms with Crippen molar-refractivity contribution in [1.82, 2.24) is 0 Å². The predicted molar refractivity (Wildman–Crippen MR) is 96.2 cm³/mol. The number of hydrogen-bond acceptors (Lipinski definition) is 2. The van der Waals surface area contributed by atoms with Gasteiger partial charge >= 0.3 is 0 Å². The Bertz CT molecular complexity index is 723. The van der Waals surface area contributed by atoms with Crippen LogP contribution in [0, 0.1) is 9.39 Å². The van der Waals surface area contributed by atoms with Crippen LogP contribution in [-0.2, 0) is 6.54 Å². The maximum absolute atomic E-state index is 13.9. The van der Waals surface area contributed by atoms with E-state index in [1.165, 1.54) is 3.57 Å². The summed E-state index contributed by atoms with van der Waals surface area (Å²) in [5, 5.41) is 5.32. The lowest BCUT2D eigenvalue weighted by Gasteiger charge is -2.09. The molecule has 1 heterocycles. The lowest BCUT2D eigenvalue weighted by atomic mass is 10.1. The predicted octanol–water partition coefficient (Wildman–Crippen LogP) is 5.77. The first-order valence-electron chi connectivity index (χ1n) is 6.54. The molecule has 0 saturated carbocycles. The second kappa shape index (κ2) is 6.58. The minimum Gasteiger partial charge on any atom is -0.381 e. The molecule has 21 heavy (non-hydrogen) atoms. The van der Waals surface area contributed by atoms with E-state index in [0.29, 0.717) is 12.1 Å². The van der Waals surface area contributed by atoms with Crippen molar-refractivity contribution in [2.45, 2.75) is 6.54 Å². The molecule has 0 bridgehead atoms. The third kappa shape index (κ3) is 3.63. The van der Waals surface area contributed by atoms with Gasteiger partial charge in [-0.2, -0.15) is 0 Å². The van der Waals surface area contributed by atoms with Crippen molar-refractivity contribution < 1.29 is 4.39 Å². The van der Waals surface area contributed by atoms with Crippen molar-refractivity contribution in [3.05, 3.63) is 74.9 Å². The molecule has 3 aromatic rings. The molecule has 1 N–H and O–H groups in total. The molecule has 1 aromatic heterocycles. The highest BCUT2D eigenvalue weighted by Crippen LogP contribution is 2.28. The summed E-state index contributed by atoms with van der Waals surface area (Å²) in [4.78, 5) is 0.962. The number of halogens is 2. The molecule has 3 rings (SSSR count).